The third kappa shape index (κ3) is 2.88. The topological polar surface area (TPSA) is 84.5 Å². The molecule has 1 aromatic heterocycles. The highest BCUT2D eigenvalue weighted by atomic mass is 16.6. The van der Waals surface area contributed by atoms with E-state index in [-0.39, 0.29) is 23.3 Å². The van der Waals surface area contributed by atoms with E-state index < -0.39 is 0 Å². The first kappa shape index (κ1) is 16.1. The van der Waals surface area contributed by atoms with E-state index in [2.05, 4.69) is 10.2 Å². The summed E-state index contributed by atoms with van der Waals surface area (Å²) in [6, 6.07) is 14.3. The molecular formula is C19H17N3O4. The molecule has 0 spiro atoms. The standard InChI is InChI=1S/C19H17N3O4/c1-22(10-12-11-25-15-8-4-5-9-16(15)26-12)19(24)17-13-6-2-3-7-14(13)18(23)21-20-17/h2-9,12H,10-11H2,1H3,(H,21,23)/t12-/m0/s1. The van der Waals surface area contributed by atoms with Gasteiger partial charge in [0.2, 0.25) is 0 Å². The van der Waals surface area contributed by atoms with Crippen LogP contribution >= 0.6 is 0 Å². The van der Waals surface area contributed by atoms with E-state index in [0.29, 0.717) is 35.4 Å². The quantitative estimate of drug-likeness (QED) is 0.778. The smallest absolute Gasteiger partial charge is 0.274 e. The number of ether oxygens (including phenoxy) is 2. The molecule has 1 aliphatic heterocycles. The van der Waals surface area contributed by atoms with Gasteiger partial charge in [0.25, 0.3) is 11.5 Å². The van der Waals surface area contributed by atoms with Crippen molar-refractivity contribution in [3.8, 4) is 11.5 Å². The monoisotopic (exact) mass is 351 g/mol. The molecule has 0 radical (unpaired) electrons. The number of amides is 1. The number of nitrogens with zero attached hydrogens (tertiary/aromatic N) is 2. The van der Waals surface area contributed by atoms with Gasteiger partial charge in [0.15, 0.2) is 23.3 Å². The predicted octanol–water partition coefficient (Wildman–Crippen LogP) is 1.84. The Morgan fingerprint density at radius 3 is 2.65 bits per heavy atom. The second kappa shape index (κ2) is 6.51. The van der Waals surface area contributed by atoms with Crippen LogP contribution in [0.2, 0.25) is 0 Å². The zero-order valence-corrected chi connectivity index (χ0v) is 14.1. The van der Waals surface area contributed by atoms with Gasteiger partial charge in [-0.05, 0) is 18.2 Å². The Bertz CT molecular complexity index is 1030. The first-order valence-corrected chi connectivity index (χ1v) is 8.25. The molecule has 0 bridgehead atoms. The summed E-state index contributed by atoms with van der Waals surface area (Å²) in [7, 11) is 1.67. The fraction of sp³-hybridized carbons (Fsp3) is 0.211. The van der Waals surface area contributed by atoms with Gasteiger partial charge in [-0.3, -0.25) is 9.59 Å². The molecule has 2 heterocycles. The molecule has 1 atom stereocenters. The van der Waals surface area contributed by atoms with Crippen molar-refractivity contribution >= 4 is 16.7 Å². The van der Waals surface area contributed by atoms with E-state index in [9.17, 15) is 9.59 Å². The Morgan fingerprint density at radius 1 is 1.15 bits per heavy atom. The number of likely N-dealkylation sites (N-methyl/N-ethyl adjacent to an activating group) is 1. The molecule has 132 valence electrons. The van der Waals surface area contributed by atoms with Crippen LogP contribution in [-0.4, -0.2) is 47.3 Å². The maximum absolute atomic E-state index is 12.8. The number of hydrogen-bond donors (Lipinski definition) is 1. The van der Waals surface area contributed by atoms with Crippen LogP contribution in [0.5, 0.6) is 11.5 Å². The number of nitrogens with one attached hydrogen (secondary N) is 1. The van der Waals surface area contributed by atoms with Crippen LogP contribution in [0.3, 0.4) is 0 Å². The SMILES string of the molecule is CN(C[C@H]1COc2ccccc2O1)C(=O)c1n[nH]c(=O)c2ccccc12. The molecule has 3 aromatic rings. The van der Waals surface area contributed by atoms with Crippen LogP contribution in [0.1, 0.15) is 10.5 Å². The Balaban J connectivity index is 1.54. The molecule has 2 aromatic carbocycles. The zero-order valence-electron chi connectivity index (χ0n) is 14.1. The lowest BCUT2D eigenvalue weighted by molar-refractivity contribution is 0.0518. The molecule has 1 N–H and O–H groups in total. The summed E-state index contributed by atoms with van der Waals surface area (Å²) in [5.74, 6) is 1.07. The third-order valence-corrected chi connectivity index (χ3v) is 4.29. The lowest BCUT2D eigenvalue weighted by Gasteiger charge is -2.29. The first-order valence-electron chi connectivity index (χ1n) is 8.25. The van der Waals surface area contributed by atoms with Crippen LogP contribution in [0.15, 0.2) is 53.3 Å². The summed E-state index contributed by atoms with van der Waals surface area (Å²) in [6.45, 7) is 0.691. The minimum Gasteiger partial charge on any atom is -0.486 e. The Kier molecular flexibility index (Phi) is 4.04. The average Bonchev–Trinajstić information content (AvgIpc) is 2.68. The highest BCUT2D eigenvalue weighted by Gasteiger charge is 2.25. The highest BCUT2D eigenvalue weighted by Crippen LogP contribution is 2.31. The van der Waals surface area contributed by atoms with Gasteiger partial charge >= 0.3 is 0 Å². The molecule has 7 nitrogen and oxygen atoms in total. The number of carbonyl (C=O) groups excluding carboxylic acids is 1. The number of fused-ring (bicyclic) bond motifs is 2. The molecule has 0 fully saturated rings. The third-order valence-electron chi connectivity index (χ3n) is 4.29. The van der Waals surface area contributed by atoms with E-state index in [1.54, 1.807) is 31.3 Å². The molecule has 0 unspecified atom stereocenters. The van der Waals surface area contributed by atoms with Crippen molar-refractivity contribution in [3.05, 3.63) is 64.6 Å². The number of aromatic nitrogens is 2. The number of para-hydroxylation sites is 2. The second-order valence-corrected chi connectivity index (χ2v) is 6.13. The number of rotatable bonds is 3. The lowest BCUT2D eigenvalue weighted by atomic mass is 10.1. The van der Waals surface area contributed by atoms with E-state index in [4.69, 9.17) is 9.47 Å². The predicted molar refractivity (Wildman–Crippen MR) is 95.7 cm³/mol. The van der Waals surface area contributed by atoms with Crippen LogP contribution in [0.4, 0.5) is 0 Å². The Labute approximate surface area is 149 Å². The minimum atomic E-state index is -0.319. The van der Waals surface area contributed by atoms with Crippen LogP contribution in [0.25, 0.3) is 10.8 Å². The average molecular weight is 351 g/mol. The Hall–Kier alpha value is -3.35. The number of benzene rings is 2. The molecule has 0 aliphatic carbocycles. The van der Waals surface area contributed by atoms with Gasteiger partial charge in [-0.25, -0.2) is 5.10 Å². The van der Waals surface area contributed by atoms with Gasteiger partial charge in [0.1, 0.15) is 6.61 Å². The van der Waals surface area contributed by atoms with Crippen molar-refractivity contribution in [2.45, 2.75) is 6.10 Å². The van der Waals surface area contributed by atoms with Gasteiger partial charge in [-0.15, -0.1) is 0 Å². The largest absolute Gasteiger partial charge is 0.486 e. The summed E-state index contributed by atoms with van der Waals surface area (Å²) >= 11 is 0. The zero-order chi connectivity index (χ0) is 18.1. The van der Waals surface area contributed by atoms with E-state index in [0.717, 1.165) is 0 Å². The summed E-state index contributed by atoms with van der Waals surface area (Å²) in [5, 5.41) is 7.30. The van der Waals surface area contributed by atoms with Crippen molar-refractivity contribution in [2.24, 2.45) is 0 Å². The molecule has 0 saturated heterocycles. The Morgan fingerprint density at radius 2 is 1.85 bits per heavy atom. The number of hydrogen-bond acceptors (Lipinski definition) is 5. The minimum absolute atomic E-state index is 0.208. The highest BCUT2D eigenvalue weighted by molar-refractivity contribution is 6.04. The summed E-state index contributed by atoms with van der Waals surface area (Å²) in [6.07, 6.45) is -0.284. The molecule has 0 saturated carbocycles. The molecule has 1 amide bonds. The van der Waals surface area contributed by atoms with Crippen LogP contribution in [-0.2, 0) is 0 Å². The van der Waals surface area contributed by atoms with Crippen LogP contribution in [0, 0.1) is 0 Å². The van der Waals surface area contributed by atoms with E-state index in [1.165, 1.54) is 4.90 Å². The normalized spacial score (nSPS) is 15.7. The van der Waals surface area contributed by atoms with Crippen molar-refractivity contribution in [2.75, 3.05) is 20.2 Å². The lowest BCUT2D eigenvalue weighted by Crippen LogP contribution is -2.42. The molecular weight excluding hydrogens is 334 g/mol. The van der Waals surface area contributed by atoms with Crippen molar-refractivity contribution in [1.29, 1.82) is 0 Å². The second-order valence-electron chi connectivity index (χ2n) is 6.13. The van der Waals surface area contributed by atoms with Gasteiger partial charge in [-0.1, -0.05) is 30.3 Å². The summed E-state index contributed by atoms with van der Waals surface area (Å²) in [5.41, 5.74) is -0.111. The number of carbonyl (C=O) groups is 1. The maximum atomic E-state index is 12.8. The fourth-order valence-electron chi connectivity index (χ4n) is 3.00. The van der Waals surface area contributed by atoms with Gasteiger partial charge in [0, 0.05) is 12.4 Å². The number of H-pyrrole nitrogens is 1. The van der Waals surface area contributed by atoms with Crippen molar-refractivity contribution < 1.29 is 14.3 Å². The summed E-state index contributed by atoms with van der Waals surface area (Å²) < 4.78 is 11.6. The fourth-order valence-corrected chi connectivity index (χ4v) is 3.00. The van der Waals surface area contributed by atoms with Crippen LogP contribution < -0.4 is 15.0 Å². The van der Waals surface area contributed by atoms with Crippen molar-refractivity contribution in [3.63, 3.8) is 0 Å². The number of aromatic amines is 1. The van der Waals surface area contributed by atoms with E-state index >= 15 is 0 Å². The summed E-state index contributed by atoms with van der Waals surface area (Å²) in [4.78, 5) is 26.2. The molecule has 4 rings (SSSR count). The maximum Gasteiger partial charge on any atom is 0.274 e. The van der Waals surface area contributed by atoms with Gasteiger partial charge < -0.3 is 14.4 Å². The van der Waals surface area contributed by atoms with E-state index in [1.807, 2.05) is 24.3 Å². The van der Waals surface area contributed by atoms with Gasteiger partial charge in [-0.2, -0.15) is 5.10 Å². The molecule has 1 aliphatic rings. The van der Waals surface area contributed by atoms with Crippen molar-refractivity contribution in [1.82, 2.24) is 15.1 Å². The first-order chi connectivity index (χ1) is 12.6. The molecule has 7 heteroatoms. The van der Waals surface area contributed by atoms with Gasteiger partial charge in [0.05, 0.1) is 11.9 Å². The molecule has 26 heavy (non-hydrogen) atoms.